The molecule has 5 heteroatoms. The summed E-state index contributed by atoms with van der Waals surface area (Å²) in [5.41, 5.74) is 5.26. The van der Waals surface area contributed by atoms with Crippen molar-refractivity contribution in [2.45, 2.75) is 20.4 Å². The van der Waals surface area contributed by atoms with Crippen LogP contribution in [0.25, 0.3) is 27.8 Å². The van der Waals surface area contributed by atoms with Gasteiger partial charge < -0.3 is 4.40 Å². The number of fused-ring (bicyclic) bond motifs is 3. The van der Waals surface area contributed by atoms with Crippen LogP contribution in [0.1, 0.15) is 19.4 Å². The Kier molecular flexibility index (Phi) is 4.85. The van der Waals surface area contributed by atoms with Gasteiger partial charge in [-0.05, 0) is 55.1 Å². The van der Waals surface area contributed by atoms with Gasteiger partial charge in [0.15, 0.2) is 0 Å². The van der Waals surface area contributed by atoms with E-state index in [4.69, 9.17) is 11.6 Å². The van der Waals surface area contributed by atoms with E-state index in [-0.39, 0.29) is 5.82 Å². The van der Waals surface area contributed by atoms with Crippen LogP contribution in [0.2, 0.25) is 5.02 Å². The molecule has 0 bridgehead atoms. The third-order valence-corrected chi connectivity index (χ3v) is 5.30. The molecule has 0 aliphatic rings. The lowest BCUT2D eigenvalue weighted by Crippen LogP contribution is -2.21. The first-order chi connectivity index (χ1) is 13.1. The Balaban J connectivity index is 2.04. The summed E-state index contributed by atoms with van der Waals surface area (Å²) in [5.74, 6) is -0.231. The Labute approximate surface area is 163 Å². The number of rotatable bonds is 5. The summed E-state index contributed by atoms with van der Waals surface area (Å²) in [6, 6.07) is 14.6. The number of benzene rings is 2. The standard InChI is InChI=1S/C22H21ClFN3/c1-3-26(4-2)14-15-11-21(17-7-5-6-8-18(17)24)27-20-10-9-16(23)12-19(20)25-13-22(15)27/h5-13H,3-4,14H2,1-2H3. The highest BCUT2D eigenvalue weighted by Gasteiger charge is 2.17. The van der Waals surface area contributed by atoms with Crippen molar-refractivity contribution in [2.24, 2.45) is 0 Å². The molecule has 0 aliphatic carbocycles. The Morgan fingerprint density at radius 2 is 1.81 bits per heavy atom. The van der Waals surface area contributed by atoms with E-state index in [9.17, 15) is 4.39 Å². The fourth-order valence-corrected chi connectivity index (χ4v) is 3.75. The van der Waals surface area contributed by atoms with Crippen molar-refractivity contribution in [3.8, 4) is 11.3 Å². The molecule has 2 heterocycles. The molecule has 0 fully saturated rings. The highest BCUT2D eigenvalue weighted by atomic mass is 35.5. The second-order valence-corrected chi connectivity index (χ2v) is 7.04. The van der Waals surface area contributed by atoms with Crippen molar-refractivity contribution in [3.63, 3.8) is 0 Å². The Morgan fingerprint density at radius 1 is 1.04 bits per heavy atom. The molecule has 2 aromatic carbocycles. The topological polar surface area (TPSA) is 20.5 Å². The molecule has 3 nitrogen and oxygen atoms in total. The number of hydrogen-bond acceptors (Lipinski definition) is 2. The zero-order valence-electron chi connectivity index (χ0n) is 15.4. The largest absolute Gasteiger partial charge is 0.306 e. The number of aromatic nitrogens is 2. The molecule has 0 N–H and O–H groups in total. The van der Waals surface area contributed by atoms with Gasteiger partial charge in [0, 0.05) is 17.1 Å². The molecule has 27 heavy (non-hydrogen) atoms. The van der Waals surface area contributed by atoms with E-state index in [2.05, 4.69) is 34.2 Å². The van der Waals surface area contributed by atoms with Gasteiger partial charge in [0.2, 0.25) is 0 Å². The van der Waals surface area contributed by atoms with Crippen molar-refractivity contribution < 1.29 is 4.39 Å². The zero-order valence-corrected chi connectivity index (χ0v) is 16.2. The molecular formula is C22H21ClFN3. The quantitative estimate of drug-likeness (QED) is 0.436. The maximum Gasteiger partial charge on any atom is 0.132 e. The molecule has 0 radical (unpaired) electrons. The molecule has 4 aromatic rings. The smallest absolute Gasteiger partial charge is 0.132 e. The van der Waals surface area contributed by atoms with Crippen molar-refractivity contribution in [1.29, 1.82) is 0 Å². The number of halogens is 2. The molecule has 0 spiro atoms. The van der Waals surface area contributed by atoms with Gasteiger partial charge in [-0.1, -0.05) is 37.6 Å². The predicted molar refractivity (Wildman–Crippen MR) is 110 cm³/mol. The summed E-state index contributed by atoms with van der Waals surface area (Å²) in [4.78, 5) is 6.94. The number of hydrogen-bond donors (Lipinski definition) is 0. The summed E-state index contributed by atoms with van der Waals surface area (Å²) in [5, 5.41) is 0.636. The first-order valence-electron chi connectivity index (χ1n) is 9.18. The minimum atomic E-state index is -0.231. The highest BCUT2D eigenvalue weighted by Crippen LogP contribution is 2.32. The lowest BCUT2D eigenvalue weighted by Gasteiger charge is -2.17. The van der Waals surface area contributed by atoms with Gasteiger partial charge >= 0.3 is 0 Å². The van der Waals surface area contributed by atoms with Gasteiger partial charge in [-0.3, -0.25) is 9.88 Å². The van der Waals surface area contributed by atoms with Crippen LogP contribution in [-0.2, 0) is 6.54 Å². The Morgan fingerprint density at radius 3 is 2.56 bits per heavy atom. The van der Waals surface area contributed by atoms with Crippen LogP contribution in [-0.4, -0.2) is 27.4 Å². The number of nitrogens with zero attached hydrogens (tertiary/aromatic N) is 3. The fraction of sp³-hybridized carbons (Fsp3) is 0.227. The molecule has 0 saturated carbocycles. The van der Waals surface area contributed by atoms with E-state index in [0.717, 1.165) is 47.4 Å². The molecule has 2 aromatic heterocycles. The normalized spacial score (nSPS) is 11.7. The van der Waals surface area contributed by atoms with Crippen molar-refractivity contribution in [1.82, 2.24) is 14.3 Å². The third kappa shape index (κ3) is 3.20. The SMILES string of the molecule is CCN(CC)Cc1cc(-c2ccccc2F)n2c1cnc1cc(Cl)ccc12. The van der Waals surface area contributed by atoms with Crippen LogP contribution in [0.3, 0.4) is 0 Å². The van der Waals surface area contributed by atoms with Crippen LogP contribution in [0.4, 0.5) is 4.39 Å². The van der Waals surface area contributed by atoms with E-state index in [1.807, 2.05) is 36.5 Å². The molecule has 4 rings (SSSR count). The van der Waals surface area contributed by atoms with Crippen LogP contribution in [0.15, 0.2) is 54.7 Å². The summed E-state index contributed by atoms with van der Waals surface area (Å²) in [7, 11) is 0. The van der Waals surface area contributed by atoms with Gasteiger partial charge in [0.25, 0.3) is 0 Å². The average molecular weight is 382 g/mol. The van der Waals surface area contributed by atoms with Gasteiger partial charge in [-0.25, -0.2) is 4.39 Å². The maximum absolute atomic E-state index is 14.6. The summed E-state index contributed by atoms with van der Waals surface area (Å²) >= 11 is 6.15. The lowest BCUT2D eigenvalue weighted by molar-refractivity contribution is 0.297. The molecule has 0 aliphatic heterocycles. The van der Waals surface area contributed by atoms with Gasteiger partial charge in [-0.15, -0.1) is 0 Å². The first kappa shape index (κ1) is 18.0. The summed E-state index contributed by atoms with van der Waals surface area (Å²) in [6.07, 6.45) is 1.86. The second-order valence-electron chi connectivity index (χ2n) is 6.61. The molecular weight excluding hydrogens is 361 g/mol. The lowest BCUT2D eigenvalue weighted by atomic mass is 10.1. The van der Waals surface area contributed by atoms with Crippen molar-refractivity contribution in [3.05, 3.63) is 71.1 Å². The molecule has 0 amide bonds. The van der Waals surface area contributed by atoms with Gasteiger partial charge in [0.05, 0.1) is 28.4 Å². The van der Waals surface area contributed by atoms with Gasteiger partial charge in [-0.2, -0.15) is 0 Å². The van der Waals surface area contributed by atoms with E-state index >= 15 is 0 Å². The molecule has 0 saturated heterocycles. The second kappa shape index (κ2) is 7.29. The summed E-state index contributed by atoms with van der Waals surface area (Å²) in [6.45, 7) is 7.01. The van der Waals surface area contributed by atoms with E-state index in [1.165, 1.54) is 6.07 Å². The van der Waals surface area contributed by atoms with Crippen molar-refractivity contribution in [2.75, 3.05) is 13.1 Å². The summed E-state index contributed by atoms with van der Waals surface area (Å²) < 4.78 is 16.7. The highest BCUT2D eigenvalue weighted by molar-refractivity contribution is 6.31. The molecule has 0 atom stereocenters. The van der Waals surface area contributed by atoms with E-state index < -0.39 is 0 Å². The zero-order chi connectivity index (χ0) is 19.0. The average Bonchev–Trinajstić information content (AvgIpc) is 3.04. The Bertz CT molecular complexity index is 1120. The van der Waals surface area contributed by atoms with Crippen LogP contribution in [0, 0.1) is 5.82 Å². The third-order valence-electron chi connectivity index (χ3n) is 5.06. The van der Waals surface area contributed by atoms with Crippen LogP contribution in [0.5, 0.6) is 0 Å². The minimum Gasteiger partial charge on any atom is -0.306 e. The van der Waals surface area contributed by atoms with E-state index in [1.54, 1.807) is 6.07 Å². The van der Waals surface area contributed by atoms with Crippen LogP contribution < -0.4 is 0 Å². The minimum absolute atomic E-state index is 0.231. The molecule has 138 valence electrons. The predicted octanol–water partition coefficient (Wildman–Crippen LogP) is 5.79. The van der Waals surface area contributed by atoms with Crippen LogP contribution >= 0.6 is 11.6 Å². The Hall–Kier alpha value is -2.43. The van der Waals surface area contributed by atoms with E-state index in [0.29, 0.717) is 10.6 Å². The monoisotopic (exact) mass is 381 g/mol. The fourth-order valence-electron chi connectivity index (χ4n) is 3.58. The maximum atomic E-state index is 14.6. The van der Waals surface area contributed by atoms with Crippen molar-refractivity contribution >= 4 is 28.2 Å². The molecule has 0 unspecified atom stereocenters. The first-order valence-corrected chi connectivity index (χ1v) is 9.56. The van der Waals surface area contributed by atoms with Gasteiger partial charge in [0.1, 0.15) is 5.82 Å².